The fourth-order valence-electron chi connectivity index (χ4n) is 1.81. The van der Waals surface area contributed by atoms with Gasteiger partial charge < -0.3 is 10.1 Å². The number of amides is 3. The number of benzene rings is 1. The molecule has 3 amide bonds. The van der Waals surface area contributed by atoms with Crippen LogP contribution in [0.2, 0.25) is 0 Å². The van der Waals surface area contributed by atoms with Gasteiger partial charge in [-0.3, -0.25) is 10.1 Å². The molecule has 0 aliphatic carbocycles. The van der Waals surface area contributed by atoms with E-state index in [4.69, 9.17) is 11.2 Å². The SMILES string of the molecule is C#CCNS(=O)(=O)c1cccc(C(=O)OCC(=O)NC(=O)NCCCC)c1. The van der Waals surface area contributed by atoms with Crippen molar-refractivity contribution >= 4 is 27.9 Å². The maximum atomic E-state index is 12.0. The molecule has 0 saturated carbocycles. The van der Waals surface area contributed by atoms with Gasteiger partial charge in [-0.2, -0.15) is 4.72 Å². The lowest BCUT2D eigenvalue weighted by molar-refractivity contribution is -0.123. The van der Waals surface area contributed by atoms with Crippen LogP contribution < -0.4 is 15.4 Å². The van der Waals surface area contributed by atoms with E-state index in [9.17, 15) is 22.8 Å². The van der Waals surface area contributed by atoms with E-state index < -0.39 is 34.5 Å². The van der Waals surface area contributed by atoms with Crippen LogP contribution in [0.15, 0.2) is 29.2 Å². The molecule has 0 bridgehead atoms. The van der Waals surface area contributed by atoms with Gasteiger partial charge in [0.25, 0.3) is 5.91 Å². The van der Waals surface area contributed by atoms with Crippen LogP contribution in [0.5, 0.6) is 0 Å². The van der Waals surface area contributed by atoms with E-state index >= 15 is 0 Å². The first-order chi connectivity index (χ1) is 12.8. The molecular weight excluding hydrogens is 374 g/mol. The van der Waals surface area contributed by atoms with Crippen LogP contribution >= 0.6 is 0 Å². The highest BCUT2D eigenvalue weighted by Gasteiger charge is 2.17. The number of nitrogens with one attached hydrogen (secondary N) is 3. The van der Waals surface area contributed by atoms with E-state index in [-0.39, 0.29) is 17.0 Å². The van der Waals surface area contributed by atoms with E-state index in [2.05, 4.69) is 16.0 Å². The van der Waals surface area contributed by atoms with Crippen LogP contribution in [-0.4, -0.2) is 46.0 Å². The Morgan fingerprint density at radius 1 is 1.26 bits per heavy atom. The van der Waals surface area contributed by atoms with Gasteiger partial charge in [-0.25, -0.2) is 18.0 Å². The lowest BCUT2D eigenvalue weighted by atomic mass is 10.2. The molecule has 1 rings (SSSR count). The van der Waals surface area contributed by atoms with Gasteiger partial charge in [0.05, 0.1) is 17.0 Å². The van der Waals surface area contributed by atoms with E-state index in [1.807, 2.05) is 12.2 Å². The summed E-state index contributed by atoms with van der Waals surface area (Å²) in [7, 11) is -3.87. The third-order valence-electron chi connectivity index (χ3n) is 3.15. The summed E-state index contributed by atoms with van der Waals surface area (Å²) in [5.41, 5.74) is -0.0706. The second-order valence-electron chi connectivity index (χ2n) is 5.29. The third-order valence-corrected chi connectivity index (χ3v) is 4.55. The Morgan fingerprint density at radius 2 is 2.00 bits per heavy atom. The van der Waals surface area contributed by atoms with Gasteiger partial charge in [-0.1, -0.05) is 25.3 Å². The maximum Gasteiger partial charge on any atom is 0.338 e. The maximum absolute atomic E-state index is 12.0. The number of sulfonamides is 1. The highest BCUT2D eigenvalue weighted by Crippen LogP contribution is 2.12. The monoisotopic (exact) mass is 395 g/mol. The van der Waals surface area contributed by atoms with Gasteiger partial charge in [0, 0.05) is 6.54 Å². The minimum atomic E-state index is -3.87. The van der Waals surface area contributed by atoms with Crippen LogP contribution in [0.4, 0.5) is 4.79 Å². The molecule has 9 nitrogen and oxygen atoms in total. The van der Waals surface area contributed by atoms with Crippen LogP contribution in [0.25, 0.3) is 0 Å². The van der Waals surface area contributed by atoms with Crippen molar-refractivity contribution in [3.8, 4) is 12.3 Å². The largest absolute Gasteiger partial charge is 0.452 e. The second kappa shape index (κ2) is 10.9. The lowest BCUT2D eigenvalue weighted by Crippen LogP contribution is -2.41. The third kappa shape index (κ3) is 7.89. The van der Waals surface area contributed by atoms with Gasteiger partial charge in [0.1, 0.15) is 0 Å². The Morgan fingerprint density at radius 3 is 2.67 bits per heavy atom. The molecule has 0 atom stereocenters. The number of terminal acetylenes is 1. The number of imide groups is 1. The summed E-state index contributed by atoms with van der Waals surface area (Å²) in [6.45, 7) is 1.49. The summed E-state index contributed by atoms with van der Waals surface area (Å²) in [5.74, 6) is 0.416. The normalized spacial score (nSPS) is 10.5. The molecule has 0 aliphatic rings. The topological polar surface area (TPSA) is 131 Å². The van der Waals surface area contributed by atoms with Gasteiger partial charge in [0.15, 0.2) is 6.61 Å². The number of esters is 1. The summed E-state index contributed by atoms with van der Waals surface area (Å²) in [5, 5.41) is 4.49. The molecule has 27 heavy (non-hydrogen) atoms. The molecule has 0 spiro atoms. The molecule has 10 heteroatoms. The minimum Gasteiger partial charge on any atom is -0.452 e. The van der Waals surface area contributed by atoms with E-state index in [0.717, 1.165) is 18.9 Å². The molecule has 0 aliphatic heterocycles. The Balaban J connectivity index is 2.60. The Hall–Kier alpha value is -2.90. The lowest BCUT2D eigenvalue weighted by Gasteiger charge is -2.08. The number of ether oxygens (including phenoxy) is 1. The van der Waals surface area contributed by atoms with Crippen molar-refractivity contribution in [1.82, 2.24) is 15.4 Å². The van der Waals surface area contributed by atoms with Crippen molar-refractivity contribution in [2.24, 2.45) is 0 Å². The standard InChI is InChI=1S/C17H21N3O6S/c1-3-5-10-18-17(23)20-15(21)12-26-16(22)13-7-6-8-14(11-13)27(24,25)19-9-4-2/h2,6-8,11,19H,3,5,9-10,12H2,1H3,(H2,18,20,21,23). The minimum absolute atomic E-state index is 0.0706. The first-order valence-electron chi connectivity index (χ1n) is 8.08. The molecule has 0 aromatic heterocycles. The van der Waals surface area contributed by atoms with Gasteiger partial charge in [-0.15, -0.1) is 6.42 Å². The zero-order chi connectivity index (χ0) is 20.3. The first-order valence-corrected chi connectivity index (χ1v) is 9.56. The predicted molar refractivity (Wildman–Crippen MR) is 97.2 cm³/mol. The Labute approximate surface area is 157 Å². The fraction of sp³-hybridized carbons (Fsp3) is 0.353. The fourth-order valence-corrected chi connectivity index (χ4v) is 2.79. The number of carbonyl (C=O) groups excluding carboxylic acids is 3. The molecule has 1 aromatic rings. The average molecular weight is 395 g/mol. The number of hydrogen-bond donors (Lipinski definition) is 3. The number of unbranched alkanes of at least 4 members (excludes halogenated alkanes) is 1. The van der Waals surface area contributed by atoms with Crippen LogP contribution in [0.3, 0.4) is 0 Å². The van der Waals surface area contributed by atoms with Gasteiger partial charge in [-0.05, 0) is 24.6 Å². The molecule has 0 unspecified atom stereocenters. The number of urea groups is 1. The summed E-state index contributed by atoms with van der Waals surface area (Å²) in [4.78, 5) is 34.8. The molecule has 0 saturated heterocycles. The molecule has 146 valence electrons. The van der Waals surface area contributed by atoms with Gasteiger partial charge in [0.2, 0.25) is 10.0 Å². The van der Waals surface area contributed by atoms with Crippen molar-refractivity contribution in [2.45, 2.75) is 24.7 Å². The van der Waals surface area contributed by atoms with E-state index in [1.165, 1.54) is 18.2 Å². The Bertz CT molecular complexity index is 829. The van der Waals surface area contributed by atoms with Crippen molar-refractivity contribution in [3.05, 3.63) is 29.8 Å². The summed E-state index contributed by atoms with van der Waals surface area (Å²) >= 11 is 0. The van der Waals surface area contributed by atoms with Crippen molar-refractivity contribution in [1.29, 1.82) is 0 Å². The quantitative estimate of drug-likeness (QED) is 0.315. The number of hydrogen-bond acceptors (Lipinski definition) is 6. The first kappa shape index (κ1) is 22.1. The highest BCUT2D eigenvalue weighted by atomic mass is 32.2. The van der Waals surface area contributed by atoms with E-state index in [1.54, 1.807) is 0 Å². The van der Waals surface area contributed by atoms with Crippen LogP contribution in [0, 0.1) is 12.3 Å². The van der Waals surface area contributed by atoms with E-state index in [0.29, 0.717) is 6.54 Å². The summed E-state index contributed by atoms with van der Waals surface area (Å²) in [6, 6.07) is 4.37. The summed E-state index contributed by atoms with van der Waals surface area (Å²) in [6.07, 6.45) is 6.67. The van der Waals surface area contributed by atoms with Crippen molar-refractivity contribution in [3.63, 3.8) is 0 Å². The molecule has 0 heterocycles. The van der Waals surface area contributed by atoms with Crippen LogP contribution in [0.1, 0.15) is 30.1 Å². The summed E-state index contributed by atoms with van der Waals surface area (Å²) < 4.78 is 30.9. The predicted octanol–water partition coefficient (Wildman–Crippen LogP) is 0.381. The molecule has 0 radical (unpaired) electrons. The van der Waals surface area contributed by atoms with Crippen molar-refractivity contribution in [2.75, 3.05) is 19.7 Å². The molecule has 1 aromatic carbocycles. The second-order valence-corrected chi connectivity index (χ2v) is 7.06. The number of rotatable bonds is 9. The van der Waals surface area contributed by atoms with Crippen molar-refractivity contribution < 1.29 is 27.5 Å². The zero-order valence-electron chi connectivity index (χ0n) is 14.8. The smallest absolute Gasteiger partial charge is 0.338 e. The molecule has 3 N–H and O–H groups in total. The van der Waals surface area contributed by atoms with Gasteiger partial charge >= 0.3 is 12.0 Å². The Kier molecular flexibility index (Phi) is 8.98. The average Bonchev–Trinajstić information content (AvgIpc) is 2.64. The zero-order valence-corrected chi connectivity index (χ0v) is 15.6. The molecule has 0 fully saturated rings. The molecular formula is C17H21N3O6S. The highest BCUT2D eigenvalue weighted by molar-refractivity contribution is 7.89. The van der Waals surface area contributed by atoms with Crippen LogP contribution in [-0.2, 0) is 19.6 Å². The number of carbonyl (C=O) groups is 3.